The molecule has 0 fully saturated rings. The topological polar surface area (TPSA) is 29.9 Å². The zero-order valence-corrected chi connectivity index (χ0v) is 11.5. The number of imidazole rings is 1. The number of aromatic nitrogens is 2. The lowest BCUT2D eigenvalue weighted by atomic mass is 9.93. The summed E-state index contributed by atoms with van der Waals surface area (Å²) in [6.07, 6.45) is 9.58. The Morgan fingerprint density at radius 1 is 1.61 bits per heavy atom. The second kappa shape index (κ2) is 5.24. The summed E-state index contributed by atoms with van der Waals surface area (Å²) >= 11 is 1.91. The molecule has 4 heteroatoms. The van der Waals surface area contributed by atoms with Gasteiger partial charge in [-0.15, -0.1) is 11.3 Å². The third kappa shape index (κ3) is 2.49. The molecule has 2 unspecified atom stereocenters. The lowest BCUT2D eigenvalue weighted by Crippen LogP contribution is -2.35. The van der Waals surface area contributed by atoms with Gasteiger partial charge >= 0.3 is 0 Å². The van der Waals surface area contributed by atoms with Crippen LogP contribution in [0.4, 0.5) is 0 Å². The lowest BCUT2D eigenvalue weighted by molar-refractivity contribution is 0.382. The van der Waals surface area contributed by atoms with Gasteiger partial charge in [0, 0.05) is 35.9 Å². The van der Waals surface area contributed by atoms with Crippen molar-refractivity contribution in [3.8, 4) is 0 Å². The largest absolute Gasteiger partial charge is 0.336 e. The Kier molecular flexibility index (Phi) is 3.48. The minimum atomic E-state index is 0.468. The van der Waals surface area contributed by atoms with E-state index < -0.39 is 0 Å². The van der Waals surface area contributed by atoms with Crippen LogP contribution in [0.15, 0.2) is 30.2 Å². The van der Waals surface area contributed by atoms with Crippen LogP contribution in [0.5, 0.6) is 0 Å². The van der Waals surface area contributed by atoms with Crippen LogP contribution in [-0.4, -0.2) is 15.6 Å². The Morgan fingerprint density at radius 2 is 2.56 bits per heavy atom. The monoisotopic (exact) mass is 261 g/mol. The second-order valence-corrected chi connectivity index (χ2v) is 6.07. The zero-order valence-electron chi connectivity index (χ0n) is 10.7. The van der Waals surface area contributed by atoms with Gasteiger partial charge in [0.15, 0.2) is 0 Å². The highest BCUT2D eigenvalue weighted by molar-refractivity contribution is 7.10. The number of fused-ring (bicyclic) bond motifs is 1. The molecule has 0 saturated carbocycles. The van der Waals surface area contributed by atoms with Gasteiger partial charge in [-0.2, -0.15) is 0 Å². The van der Waals surface area contributed by atoms with Gasteiger partial charge in [0.05, 0.1) is 6.33 Å². The van der Waals surface area contributed by atoms with Gasteiger partial charge in [0.2, 0.25) is 0 Å². The van der Waals surface area contributed by atoms with E-state index >= 15 is 0 Å². The first-order valence-corrected chi connectivity index (χ1v) is 7.49. The molecule has 2 aromatic heterocycles. The molecule has 0 amide bonds. The number of thiophene rings is 1. The normalized spacial score (nSPS) is 20.6. The second-order valence-electron chi connectivity index (χ2n) is 5.07. The lowest BCUT2D eigenvalue weighted by Gasteiger charge is -2.27. The first kappa shape index (κ1) is 11.9. The summed E-state index contributed by atoms with van der Waals surface area (Å²) in [5.74, 6) is 0. The predicted octanol–water partition coefficient (Wildman–Crippen LogP) is 3.00. The number of aryl methyl sites for hydroxylation is 1. The Balaban J connectivity index is 1.64. The maximum Gasteiger partial charge on any atom is 0.0946 e. The molecule has 1 aliphatic carbocycles. The van der Waals surface area contributed by atoms with E-state index in [0.717, 1.165) is 6.54 Å². The molecule has 2 heterocycles. The Hall–Kier alpha value is -1.13. The number of hydrogen-bond acceptors (Lipinski definition) is 3. The molecule has 0 aliphatic heterocycles. The Morgan fingerprint density at radius 3 is 3.39 bits per heavy atom. The molecule has 2 aromatic rings. The zero-order chi connectivity index (χ0) is 12.4. The molecule has 0 bridgehead atoms. The smallest absolute Gasteiger partial charge is 0.0946 e. The third-order valence-corrected chi connectivity index (χ3v) is 4.58. The van der Waals surface area contributed by atoms with Gasteiger partial charge in [0.1, 0.15) is 0 Å². The minimum absolute atomic E-state index is 0.468. The van der Waals surface area contributed by atoms with Crippen molar-refractivity contribution in [3.63, 3.8) is 0 Å². The highest BCUT2D eigenvalue weighted by atomic mass is 32.1. The Bertz CT molecular complexity index is 489. The molecule has 2 atom stereocenters. The fourth-order valence-corrected chi connectivity index (χ4v) is 3.75. The van der Waals surface area contributed by atoms with Gasteiger partial charge in [-0.1, -0.05) is 0 Å². The molecular weight excluding hydrogens is 242 g/mol. The maximum absolute atomic E-state index is 4.09. The van der Waals surface area contributed by atoms with Gasteiger partial charge in [-0.25, -0.2) is 4.98 Å². The molecule has 1 N–H and O–H groups in total. The van der Waals surface area contributed by atoms with E-state index in [1.54, 1.807) is 4.88 Å². The molecular formula is C14H19N3S. The van der Waals surface area contributed by atoms with E-state index in [1.807, 2.05) is 30.1 Å². The predicted molar refractivity (Wildman–Crippen MR) is 74.8 cm³/mol. The highest BCUT2D eigenvalue weighted by Crippen LogP contribution is 2.33. The SMILES string of the molecule is CC(Cn1ccnc1)NC1CCCc2sccc21. The van der Waals surface area contributed by atoms with Crippen LogP contribution < -0.4 is 5.32 Å². The average molecular weight is 261 g/mol. The first-order valence-electron chi connectivity index (χ1n) is 6.61. The van der Waals surface area contributed by atoms with E-state index in [2.05, 4.69) is 33.2 Å². The van der Waals surface area contributed by atoms with Crippen molar-refractivity contribution in [2.75, 3.05) is 0 Å². The number of rotatable bonds is 4. The van der Waals surface area contributed by atoms with Gasteiger partial charge in [-0.05, 0) is 43.2 Å². The van der Waals surface area contributed by atoms with Crippen LogP contribution in [0.3, 0.4) is 0 Å². The molecule has 0 saturated heterocycles. The number of hydrogen-bond donors (Lipinski definition) is 1. The molecule has 0 aromatic carbocycles. The van der Waals surface area contributed by atoms with Crippen molar-refractivity contribution < 1.29 is 0 Å². The molecule has 0 radical (unpaired) electrons. The van der Waals surface area contributed by atoms with Crippen LogP contribution in [0.25, 0.3) is 0 Å². The molecule has 3 rings (SSSR count). The van der Waals surface area contributed by atoms with Crippen LogP contribution in [-0.2, 0) is 13.0 Å². The summed E-state index contributed by atoms with van der Waals surface area (Å²) in [6, 6.07) is 3.30. The van der Waals surface area contributed by atoms with Crippen molar-refractivity contribution in [2.24, 2.45) is 0 Å². The maximum atomic E-state index is 4.09. The highest BCUT2D eigenvalue weighted by Gasteiger charge is 2.22. The first-order chi connectivity index (χ1) is 8.83. The van der Waals surface area contributed by atoms with Crippen LogP contribution in [0.1, 0.15) is 36.2 Å². The van der Waals surface area contributed by atoms with Crippen molar-refractivity contribution in [3.05, 3.63) is 40.6 Å². The van der Waals surface area contributed by atoms with Gasteiger partial charge in [0.25, 0.3) is 0 Å². The van der Waals surface area contributed by atoms with Crippen molar-refractivity contribution in [1.82, 2.24) is 14.9 Å². The van der Waals surface area contributed by atoms with Crippen molar-refractivity contribution in [1.29, 1.82) is 0 Å². The third-order valence-electron chi connectivity index (χ3n) is 3.58. The fourth-order valence-electron chi connectivity index (χ4n) is 2.77. The molecule has 1 aliphatic rings. The van der Waals surface area contributed by atoms with Crippen LogP contribution in [0.2, 0.25) is 0 Å². The van der Waals surface area contributed by atoms with E-state index in [1.165, 1.54) is 24.8 Å². The summed E-state index contributed by atoms with van der Waals surface area (Å²) in [6.45, 7) is 3.23. The molecule has 18 heavy (non-hydrogen) atoms. The summed E-state index contributed by atoms with van der Waals surface area (Å²) in [4.78, 5) is 5.66. The molecule has 3 nitrogen and oxygen atoms in total. The standard InChI is InChI=1S/C14H19N3S/c1-11(9-17-7-6-15-10-17)16-13-3-2-4-14-12(13)5-8-18-14/h5-8,10-11,13,16H,2-4,9H2,1H3. The molecule has 96 valence electrons. The average Bonchev–Trinajstić information content (AvgIpc) is 2.99. The van der Waals surface area contributed by atoms with Crippen molar-refractivity contribution >= 4 is 11.3 Å². The summed E-state index contributed by atoms with van der Waals surface area (Å²) in [7, 11) is 0. The summed E-state index contributed by atoms with van der Waals surface area (Å²) < 4.78 is 2.13. The quantitative estimate of drug-likeness (QED) is 0.917. The van der Waals surface area contributed by atoms with E-state index in [-0.39, 0.29) is 0 Å². The fraction of sp³-hybridized carbons (Fsp3) is 0.500. The number of nitrogens with zero attached hydrogens (tertiary/aromatic N) is 2. The minimum Gasteiger partial charge on any atom is -0.336 e. The van der Waals surface area contributed by atoms with E-state index in [0.29, 0.717) is 12.1 Å². The van der Waals surface area contributed by atoms with Crippen LogP contribution in [0, 0.1) is 0 Å². The van der Waals surface area contributed by atoms with Crippen LogP contribution >= 0.6 is 11.3 Å². The van der Waals surface area contributed by atoms with Gasteiger partial charge in [-0.3, -0.25) is 0 Å². The number of nitrogens with one attached hydrogen (secondary N) is 1. The van der Waals surface area contributed by atoms with E-state index in [4.69, 9.17) is 0 Å². The summed E-state index contributed by atoms with van der Waals surface area (Å²) in [5, 5.41) is 5.98. The van der Waals surface area contributed by atoms with Crippen molar-refractivity contribution in [2.45, 2.75) is 44.8 Å². The van der Waals surface area contributed by atoms with Gasteiger partial charge < -0.3 is 9.88 Å². The summed E-state index contributed by atoms with van der Waals surface area (Å²) in [5.41, 5.74) is 1.53. The Labute approximate surface area is 112 Å². The van der Waals surface area contributed by atoms with E-state index in [9.17, 15) is 0 Å². The molecule has 0 spiro atoms.